The summed E-state index contributed by atoms with van der Waals surface area (Å²) in [6, 6.07) is 13.8. The van der Waals surface area contributed by atoms with Gasteiger partial charge < -0.3 is 14.7 Å². The van der Waals surface area contributed by atoms with Crippen molar-refractivity contribution in [1.29, 1.82) is 5.26 Å². The van der Waals surface area contributed by atoms with Crippen molar-refractivity contribution >= 4 is 52.4 Å². The summed E-state index contributed by atoms with van der Waals surface area (Å²) in [6.07, 6.45) is 5.12. The second-order valence-electron chi connectivity index (χ2n) is 16.3. The monoisotopic (exact) mass is 791 g/mol. The Morgan fingerprint density at radius 3 is 2.35 bits per heavy atom. The van der Waals surface area contributed by atoms with E-state index in [1.54, 1.807) is 6.07 Å². The van der Waals surface area contributed by atoms with Crippen LogP contribution in [0, 0.1) is 22.6 Å². The minimum atomic E-state index is -1.09. The maximum Gasteiger partial charge on any atom is 0.262 e. The topological polar surface area (TPSA) is 136 Å². The van der Waals surface area contributed by atoms with Crippen LogP contribution in [0.1, 0.15) is 63.9 Å². The first kappa shape index (κ1) is 37.2. The third-order valence-corrected chi connectivity index (χ3v) is 13.1. The molecule has 3 aromatic rings. The first-order valence-corrected chi connectivity index (χ1v) is 20.0. The molecule has 57 heavy (non-hydrogen) atoms. The van der Waals surface area contributed by atoms with Crippen molar-refractivity contribution in [1.82, 2.24) is 25.0 Å². The average molecular weight is 792 g/mol. The normalized spacial score (nSPS) is 23.0. The van der Waals surface area contributed by atoms with Gasteiger partial charge in [0, 0.05) is 95.5 Å². The Balaban J connectivity index is 0.735. The van der Waals surface area contributed by atoms with Gasteiger partial charge in [-0.05, 0) is 73.1 Å². The summed E-state index contributed by atoms with van der Waals surface area (Å²) >= 11 is 6.34. The Bertz CT molecular complexity index is 2220. The number of nitrogens with zero attached hydrogens (tertiary/aromatic N) is 8. The number of carbonyl (C=O) groups is 4. The van der Waals surface area contributed by atoms with E-state index in [0.29, 0.717) is 23.7 Å². The lowest BCUT2D eigenvalue weighted by atomic mass is 9.77. The van der Waals surface area contributed by atoms with Crippen LogP contribution in [0.25, 0.3) is 0 Å². The molecule has 2 aromatic carbocycles. The largest absolute Gasteiger partial charge is 0.366 e. The van der Waals surface area contributed by atoms with Gasteiger partial charge in [-0.2, -0.15) is 5.26 Å². The number of nitriles is 1. The number of carbonyl (C=O) groups excluding carboxylic acids is 4. The average Bonchev–Trinajstić information content (AvgIpc) is 3.63. The highest BCUT2D eigenvalue weighted by Gasteiger charge is 2.46. The molecule has 1 atom stereocenters. The Morgan fingerprint density at radius 1 is 0.947 bits per heavy atom. The summed E-state index contributed by atoms with van der Waals surface area (Å²) in [5.41, 5.74) is 4.20. The van der Waals surface area contributed by atoms with E-state index in [1.165, 1.54) is 11.6 Å². The number of pyridine rings is 1. The molecule has 5 saturated heterocycles. The van der Waals surface area contributed by atoms with E-state index in [4.69, 9.17) is 16.6 Å². The van der Waals surface area contributed by atoms with Crippen LogP contribution in [-0.2, 0) is 16.1 Å². The van der Waals surface area contributed by atoms with Crippen molar-refractivity contribution in [2.24, 2.45) is 5.41 Å². The van der Waals surface area contributed by atoms with Gasteiger partial charge >= 0.3 is 0 Å². The smallest absolute Gasteiger partial charge is 0.262 e. The predicted octanol–water partition coefficient (Wildman–Crippen LogP) is 4.16. The van der Waals surface area contributed by atoms with Crippen LogP contribution in [0.3, 0.4) is 0 Å². The fraction of sp³-hybridized carbons (Fsp3) is 0.429. The Kier molecular flexibility index (Phi) is 9.50. The van der Waals surface area contributed by atoms with Crippen LogP contribution in [-0.4, -0.2) is 114 Å². The highest BCUT2D eigenvalue weighted by molar-refractivity contribution is 6.32. The number of aromatic nitrogens is 1. The molecule has 5 fully saturated rings. The summed E-state index contributed by atoms with van der Waals surface area (Å²) in [7, 11) is 0. The van der Waals surface area contributed by atoms with Gasteiger partial charge in [-0.25, -0.2) is 9.37 Å². The zero-order valence-electron chi connectivity index (χ0n) is 31.6. The molecule has 15 heteroatoms. The third-order valence-electron chi connectivity index (χ3n) is 12.8. The van der Waals surface area contributed by atoms with Crippen LogP contribution in [0.5, 0.6) is 0 Å². The van der Waals surface area contributed by atoms with Crippen molar-refractivity contribution in [3.05, 3.63) is 94.0 Å². The maximum atomic E-state index is 15.4. The van der Waals surface area contributed by atoms with Gasteiger partial charge in [-0.15, -0.1) is 0 Å². The molecule has 1 aromatic heterocycles. The molecular weight excluding hydrogens is 749 g/mol. The van der Waals surface area contributed by atoms with Crippen LogP contribution in [0.4, 0.5) is 21.6 Å². The Morgan fingerprint density at radius 2 is 1.68 bits per heavy atom. The third kappa shape index (κ3) is 6.81. The van der Waals surface area contributed by atoms with Crippen molar-refractivity contribution < 1.29 is 23.6 Å². The number of rotatable bonds is 7. The van der Waals surface area contributed by atoms with E-state index in [9.17, 15) is 24.4 Å². The highest BCUT2D eigenvalue weighted by atomic mass is 35.5. The molecule has 7 heterocycles. The number of piperazine rings is 1. The lowest BCUT2D eigenvalue weighted by Crippen LogP contribution is -2.63. The van der Waals surface area contributed by atoms with Gasteiger partial charge in [0.1, 0.15) is 23.7 Å². The number of hydrogen-bond donors (Lipinski definition) is 1. The Labute approximate surface area is 335 Å². The number of halogens is 2. The first-order valence-electron chi connectivity index (χ1n) is 19.6. The number of amides is 4. The second-order valence-corrected chi connectivity index (χ2v) is 16.7. The van der Waals surface area contributed by atoms with E-state index in [0.717, 1.165) is 99.8 Å². The molecule has 0 bridgehead atoms. The van der Waals surface area contributed by atoms with E-state index < -0.39 is 35.5 Å². The van der Waals surface area contributed by atoms with Crippen molar-refractivity contribution in [3.63, 3.8) is 0 Å². The van der Waals surface area contributed by atoms with Crippen molar-refractivity contribution in [3.8, 4) is 6.07 Å². The molecule has 9 rings (SSSR count). The number of nitrogens with one attached hydrogen (secondary N) is 1. The van der Waals surface area contributed by atoms with E-state index >= 15 is 4.39 Å². The minimum absolute atomic E-state index is 0.0243. The van der Waals surface area contributed by atoms with Gasteiger partial charge in [0.05, 0.1) is 27.4 Å². The summed E-state index contributed by atoms with van der Waals surface area (Å²) in [6.45, 7) is 12.8. The van der Waals surface area contributed by atoms with Crippen LogP contribution in [0.15, 0.2) is 60.9 Å². The quantitative estimate of drug-likeness (QED) is 0.346. The van der Waals surface area contributed by atoms with Gasteiger partial charge in [0.25, 0.3) is 11.8 Å². The van der Waals surface area contributed by atoms with E-state index in [-0.39, 0.29) is 41.1 Å². The molecule has 1 unspecified atom stereocenters. The standard InChI is InChI=1S/C42H43ClFN9O4/c1-26-19-42(25-52(26)29-4-3-28(20-45)33(43)16-29)8-10-50(11-9-42)37-6-2-27(21-46-37)22-48-12-14-49(15-13-48)30-23-51(24-30)36-18-32-31(17-34(36)44)40(56)53(41(32)57)35-5-7-38(54)47-39(35)55/h2-4,6,16-18,21,30,35H,1,5,7-15,19,22-25H2,(H,47,54,55). The summed E-state index contributed by atoms with van der Waals surface area (Å²) in [5, 5.41) is 11.9. The number of anilines is 3. The first-order chi connectivity index (χ1) is 27.5. The van der Waals surface area contributed by atoms with E-state index in [1.807, 2.05) is 23.2 Å². The molecule has 6 aliphatic rings. The van der Waals surface area contributed by atoms with E-state index in [2.05, 4.69) is 49.7 Å². The summed E-state index contributed by atoms with van der Waals surface area (Å²) in [4.78, 5) is 67.5. The van der Waals surface area contributed by atoms with Crippen LogP contribution < -0.4 is 20.0 Å². The second kappa shape index (κ2) is 14.5. The zero-order valence-corrected chi connectivity index (χ0v) is 32.3. The molecule has 6 aliphatic heterocycles. The summed E-state index contributed by atoms with van der Waals surface area (Å²) in [5.74, 6) is -2.06. The molecule has 13 nitrogen and oxygen atoms in total. The van der Waals surface area contributed by atoms with Crippen molar-refractivity contribution in [2.45, 2.75) is 50.7 Å². The lowest BCUT2D eigenvalue weighted by molar-refractivity contribution is -0.136. The van der Waals surface area contributed by atoms with Gasteiger partial charge in [0.2, 0.25) is 11.8 Å². The summed E-state index contributed by atoms with van der Waals surface area (Å²) < 4.78 is 15.4. The number of allylic oxidation sites excluding steroid dienone is 1. The maximum absolute atomic E-state index is 15.4. The SMILES string of the molecule is C=C1CC2(CCN(c3ccc(CN4CCN(C5CN(c6cc7c(cc6F)C(=O)N(C6CCC(=O)NC6=O)C7=O)C5)CC4)cn3)CC2)CN1c1ccc(C#N)c(Cl)c1. The minimum Gasteiger partial charge on any atom is -0.366 e. The molecule has 0 radical (unpaired) electrons. The molecular formula is C42H43ClFN9O4. The molecule has 0 saturated carbocycles. The van der Waals surface area contributed by atoms with Gasteiger partial charge in [-0.3, -0.25) is 39.2 Å². The molecule has 1 N–H and O–H groups in total. The molecule has 0 aliphatic carbocycles. The van der Waals surface area contributed by atoms with Crippen molar-refractivity contribution in [2.75, 3.05) is 73.6 Å². The number of imide groups is 2. The Hall–Kier alpha value is -5.36. The van der Waals surface area contributed by atoms with Gasteiger partial charge in [0.15, 0.2) is 0 Å². The molecule has 4 amide bonds. The predicted molar refractivity (Wildman–Crippen MR) is 211 cm³/mol. The number of fused-ring (bicyclic) bond motifs is 1. The fourth-order valence-corrected chi connectivity index (χ4v) is 9.68. The number of piperidine rings is 2. The number of benzene rings is 2. The number of hydrogen-bond acceptors (Lipinski definition) is 11. The van der Waals surface area contributed by atoms with Crippen LogP contribution >= 0.6 is 11.6 Å². The zero-order chi connectivity index (χ0) is 39.6. The fourth-order valence-electron chi connectivity index (χ4n) is 9.46. The lowest BCUT2D eigenvalue weighted by Gasteiger charge is -2.49. The highest BCUT2D eigenvalue weighted by Crippen LogP contribution is 2.47. The molecule has 1 spiro atoms. The molecule has 294 valence electrons. The van der Waals surface area contributed by atoms with Crippen LogP contribution in [0.2, 0.25) is 5.02 Å². The van der Waals surface area contributed by atoms with Gasteiger partial charge in [-0.1, -0.05) is 24.2 Å².